The predicted molar refractivity (Wildman–Crippen MR) is 71.7 cm³/mol. The Morgan fingerprint density at radius 3 is 1.85 bits per heavy atom. The van der Waals surface area contributed by atoms with Crippen molar-refractivity contribution in [2.24, 2.45) is 5.41 Å². The third-order valence-corrected chi connectivity index (χ3v) is 2.42. The van der Waals surface area contributed by atoms with Gasteiger partial charge in [0, 0.05) is 6.42 Å². The van der Waals surface area contributed by atoms with Crippen molar-refractivity contribution in [3.8, 4) is 11.5 Å². The number of carbonyl (C=O) groups is 1. The highest BCUT2D eigenvalue weighted by Crippen LogP contribution is 2.24. The smallest absolute Gasteiger partial charge is 0.316 e. The molecule has 0 heterocycles. The van der Waals surface area contributed by atoms with Crippen molar-refractivity contribution < 1.29 is 23.0 Å². The van der Waals surface area contributed by atoms with Crippen LogP contribution in [0.1, 0.15) is 34.1 Å². The minimum Gasteiger partial charge on any atom is -0.456 e. The highest BCUT2D eigenvalue weighted by molar-refractivity contribution is 5.77. The predicted octanol–water partition coefficient (Wildman–Crippen LogP) is 4.54. The Morgan fingerprint density at radius 2 is 1.50 bits per heavy atom. The molecule has 110 valence electrons. The van der Waals surface area contributed by atoms with Gasteiger partial charge in [-0.3, -0.25) is 4.79 Å². The van der Waals surface area contributed by atoms with Crippen LogP contribution in [0.4, 0.5) is 8.78 Å². The average Bonchev–Trinajstić information content (AvgIpc) is 2.36. The number of halogens is 2. The molecule has 0 fully saturated rings. The van der Waals surface area contributed by atoms with E-state index in [1.807, 2.05) is 0 Å². The Kier molecular flexibility index (Phi) is 5.25. The summed E-state index contributed by atoms with van der Waals surface area (Å²) in [4.78, 5) is 11.7. The van der Waals surface area contributed by atoms with Crippen LogP contribution in [0, 0.1) is 5.41 Å². The number of ether oxygens (including phenoxy) is 2. The third-order valence-electron chi connectivity index (χ3n) is 2.42. The second-order valence-corrected chi connectivity index (χ2v) is 5.25. The second kappa shape index (κ2) is 6.50. The maximum atomic E-state index is 12.5. The molecule has 0 aliphatic carbocycles. The molecule has 0 saturated carbocycles. The van der Waals surface area contributed by atoms with Crippen LogP contribution in [0.5, 0.6) is 11.5 Å². The Morgan fingerprint density at radius 1 is 1.05 bits per heavy atom. The second-order valence-electron chi connectivity index (χ2n) is 5.25. The van der Waals surface area contributed by atoms with Crippen LogP contribution in [0.25, 0.3) is 0 Å². The Hall–Kier alpha value is -1.91. The van der Waals surface area contributed by atoms with E-state index in [2.05, 4.69) is 0 Å². The van der Waals surface area contributed by atoms with Crippen molar-refractivity contribution in [1.82, 2.24) is 0 Å². The van der Waals surface area contributed by atoms with E-state index in [1.54, 1.807) is 27.7 Å². The van der Waals surface area contributed by atoms with E-state index in [9.17, 15) is 13.6 Å². The molecule has 20 heavy (non-hydrogen) atoms. The summed E-state index contributed by atoms with van der Waals surface area (Å²) >= 11 is 0. The number of rotatable bonds is 4. The standard InChI is InChI=1S/C15H18F2O3/c1-5-12(13(16)17)19-10-6-8-11(9-7-10)20-14(18)15(2,3)4/h6-9H,5H2,1-4H3. The molecule has 0 radical (unpaired) electrons. The van der Waals surface area contributed by atoms with Gasteiger partial charge in [0.25, 0.3) is 0 Å². The molecule has 1 rings (SSSR count). The largest absolute Gasteiger partial charge is 0.456 e. The topological polar surface area (TPSA) is 35.5 Å². The first-order valence-corrected chi connectivity index (χ1v) is 6.28. The molecule has 0 amide bonds. The van der Waals surface area contributed by atoms with Crippen molar-refractivity contribution >= 4 is 5.97 Å². The number of hydrogen-bond donors (Lipinski definition) is 0. The first kappa shape index (κ1) is 16.1. The summed E-state index contributed by atoms with van der Waals surface area (Å²) in [5, 5.41) is 0. The molecule has 0 bridgehead atoms. The minimum absolute atomic E-state index is 0.100. The molecule has 0 N–H and O–H groups in total. The average molecular weight is 284 g/mol. The van der Waals surface area contributed by atoms with Crippen LogP contribution in [0.15, 0.2) is 36.1 Å². The number of benzene rings is 1. The van der Waals surface area contributed by atoms with Gasteiger partial charge >= 0.3 is 12.0 Å². The Balaban J connectivity index is 2.75. The molecule has 5 heteroatoms. The summed E-state index contributed by atoms with van der Waals surface area (Å²) in [5.41, 5.74) is -0.607. The molecule has 1 aromatic carbocycles. The van der Waals surface area contributed by atoms with Gasteiger partial charge in [0.15, 0.2) is 5.76 Å². The molecule has 3 nitrogen and oxygen atoms in total. The van der Waals surface area contributed by atoms with Crippen molar-refractivity contribution in [2.75, 3.05) is 0 Å². The van der Waals surface area contributed by atoms with Gasteiger partial charge in [-0.25, -0.2) is 0 Å². The lowest BCUT2D eigenvalue weighted by atomic mass is 9.97. The molecule has 0 aromatic heterocycles. The summed E-state index contributed by atoms with van der Waals surface area (Å²) in [6.07, 6.45) is -1.74. The third kappa shape index (κ3) is 4.64. The van der Waals surface area contributed by atoms with Crippen molar-refractivity contribution in [1.29, 1.82) is 0 Å². The Labute approximate surface area is 117 Å². The molecule has 1 aromatic rings. The molecule has 0 atom stereocenters. The van der Waals surface area contributed by atoms with E-state index in [-0.39, 0.29) is 23.9 Å². The van der Waals surface area contributed by atoms with Crippen LogP contribution >= 0.6 is 0 Å². The minimum atomic E-state index is -1.84. The molecule has 0 saturated heterocycles. The quantitative estimate of drug-likeness (QED) is 0.463. The Bertz CT molecular complexity index is 495. The van der Waals surface area contributed by atoms with Crippen LogP contribution in [0.2, 0.25) is 0 Å². The fourth-order valence-corrected chi connectivity index (χ4v) is 1.22. The fourth-order valence-electron chi connectivity index (χ4n) is 1.22. The van der Waals surface area contributed by atoms with E-state index >= 15 is 0 Å². The monoisotopic (exact) mass is 284 g/mol. The van der Waals surface area contributed by atoms with Gasteiger partial charge in [-0.1, -0.05) is 6.92 Å². The van der Waals surface area contributed by atoms with Gasteiger partial charge in [-0.05, 0) is 45.0 Å². The van der Waals surface area contributed by atoms with Gasteiger partial charge in [0.1, 0.15) is 11.5 Å². The molecule has 0 spiro atoms. The first-order chi connectivity index (χ1) is 9.24. The van der Waals surface area contributed by atoms with Gasteiger partial charge in [-0.2, -0.15) is 8.78 Å². The van der Waals surface area contributed by atoms with Crippen LogP contribution in [0.3, 0.4) is 0 Å². The summed E-state index contributed by atoms with van der Waals surface area (Å²) in [5.74, 6) is -0.121. The SMILES string of the molecule is CCC(Oc1ccc(OC(=O)C(C)(C)C)cc1)=C(F)F. The molecular weight excluding hydrogens is 266 g/mol. The molecule has 0 aliphatic heterocycles. The van der Waals surface area contributed by atoms with E-state index in [0.717, 1.165) is 0 Å². The number of hydrogen-bond acceptors (Lipinski definition) is 3. The summed E-state index contributed by atoms with van der Waals surface area (Å²) < 4.78 is 35.1. The van der Waals surface area contributed by atoms with E-state index in [4.69, 9.17) is 9.47 Å². The van der Waals surface area contributed by atoms with Gasteiger partial charge in [-0.15, -0.1) is 0 Å². The zero-order valence-electron chi connectivity index (χ0n) is 12.0. The van der Waals surface area contributed by atoms with Crippen LogP contribution in [-0.4, -0.2) is 5.97 Å². The lowest BCUT2D eigenvalue weighted by Crippen LogP contribution is -2.25. The molecule has 0 aliphatic rings. The highest BCUT2D eigenvalue weighted by atomic mass is 19.3. The number of esters is 1. The molecule has 0 unspecified atom stereocenters. The number of allylic oxidation sites excluding steroid dienone is 1. The molecular formula is C15H18F2O3. The zero-order valence-corrected chi connectivity index (χ0v) is 12.0. The first-order valence-electron chi connectivity index (χ1n) is 6.28. The summed E-state index contributed by atoms with van der Waals surface area (Å²) in [6, 6.07) is 5.96. The zero-order chi connectivity index (χ0) is 15.3. The maximum Gasteiger partial charge on any atom is 0.316 e. The number of carbonyl (C=O) groups excluding carboxylic acids is 1. The summed E-state index contributed by atoms with van der Waals surface area (Å²) in [6.45, 7) is 6.81. The maximum absolute atomic E-state index is 12.5. The van der Waals surface area contributed by atoms with E-state index in [1.165, 1.54) is 24.3 Å². The van der Waals surface area contributed by atoms with Crippen molar-refractivity contribution in [3.05, 3.63) is 36.1 Å². The summed E-state index contributed by atoms with van der Waals surface area (Å²) in [7, 11) is 0. The van der Waals surface area contributed by atoms with Crippen molar-refractivity contribution in [3.63, 3.8) is 0 Å². The van der Waals surface area contributed by atoms with Gasteiger partial charge in [0.05, 0.1) is 5.41 Å². The van der Waals surface area contributed by atoms with E-state index < -0.39 is 11.5 Å². The van der Waals surface area contributed by atoms with Crippen LogP contribution < -0.4 is 9.47 Å². The lowest BCUT2D eigenvalue weighted by Gasteiger charge is -2.16. The van der Waals surface area contributed by atoms with Crippen molar-refractivity contribution in [2.45, 2.75) is 34.1 Å². The van der Waals surface area contributed by atoms with Crippen LogP contribution in [-0.2, 0) is 4.79 Å². The van der Waals surface area contributed by atoms with E-state index in [0.29, 0.717) is 5.75 Å². The fraction of sp³-hybridized carbons (Fsp3) is 0.400. The van der Waals surface area contributed by atoms with Gasteiger partial charge in [0.2, 0.25) is 0 Å². The lowest BCUT2D eigenvalue weighted by molar-refractivity contribution is -0.143. The normalized spacial score (nSPS) is 10.9. The highest BCUT2D eigenvalue weighted by Gasteiger charge is 2.23. The van der Waals surface area contributed by atoms with Gasteiger partial charge < -0.3 is 9.47 Å².